The Morgan fingerprint density at radius 3 is 3.04 bits per heavy atom. The summed E-state index contributed by atoms with van der Waals surface area (Å²) in [5, 5.41) is 15.0. The van der Waals surface area contributed by atoms with E-state index in [9.17, 15) is 14.9 Å². The maximum Gasteiger partial charge on any atom is 0.262 e. The second kappa shape index (κ2) is 5.98. The number of carbonyl (C=O) groups excluding carboxylic acids is 1. The summed E-state index contributed by atoms with van der Waals surface area (Å²) in [6.07, 6.45) is 1.95. The van der Waals surface area contributed by atoms with E-state index in [0.29, 0.717) is 15.4 Å². The van der Waals surface area contributed by atoms with Gasteiger partial charge in [0, 0.05) is 7.05 Å². The molecule has 1 amide bonds. The van der Waals surface area contributed by atoms with Crippen LogP contribution >= 0.6 is 23.1 Å². The van der Waals surface area contributed by atoms with E-state index in [0.717, 1.165) is 12.8 Å². The summed E-state index contributed by atoms with van der Waals surface area (Å²) < 4.78 is 1.46. The van der Waals surface area contributed by atoms with Crippen LogP contribution in [0.5, 0.6) is 0 Å². The second-order valence-corrected chi connectivity index (χ2v) is 7.66. The zero-order chi connectivity index (χ0) is 16.6. The van der Waals surface area contributed by atoms with Crippen LogP contribution in [0, 0.1) is 17.2 Å². The fraction of sp³-hybridized carbons (Fsp3) is 0.467. The van der Waals surface area contributed by atoms with Gasteiger partial charge >= 0.3 is 0 Å². The Bertz CT molecular complexity index is 862. The molecule has 1 atom stereocenters. The number of rotatable bonds is 5. The number of aromatic nitrogens is 2. The van der Waals surface area contributed by atoms with Gasteiger partial charge in [0.05, 0.1) is 17.2 Å². The van der Waals surface area contributed by atoms with Crippen LogP contribution in [0.1, 0.15) is 19.8 Å². The minimum Gasteiger partial charge on any atom is -0.337 e. The summed E-state index contributed by atoms with van der Waals surface area (Å²) >= 11 is 2.61. The molecular weight excluding hydrogens is 332 g/mol. The van der Waals surface area contributed by atoms with E-state index in [1.807, 2.05) is 5.38 Å². The molecule has 1 fully saturated rings. The molecule has 3 rings (SSSR count). The first-order chi connectivity index (χ1) is 10.9. The monoisotopic (exact) mass is 348 g/mol. The molecule has 23 heavy (non-hydrogen) atoms. The Labute approximate surface area is 141 Å². The van der Waals surface area contributed by atoms with Crippen molar-refractivity contribution in [2.75, 3.05) is 5.75 Å². The van der Waals surface area contributed by atoms with Crippen molar-refractivity contribution in [1.82, 2.24) is 14.9 Å². The van der Waals surface area contributed by atoms with Crippen LogP contribution in [-0.2, 0) is 11.8 Å². The summed E-state index contributed by atoms with van der Waals surface area (Å²) in [6.45, 7) is 1.76. The summed E-state index contributed by atoms with van der Waals surface area (Å²) in [6, 6.07) is 3.95. The molecule has 120 valence electrons. The number of nitrogens with zero attached hydrogens (tertiary/aromatic N) is 3. The minimum atomic E-state index is -0.797. The van der Waals surface area contributed by atoms with Crippen LogP contribution in [-0.4, -0.2) is 26.8 Å². The third kappa shape index (κ3) is 3.12. The number of fused-ring (bicyclic) bond motifs is 1. The molecule has 8 heteroatoms. The van der Waals surface area contributed by atoms with Crippen molar-refractivity contribution in [3.63, 3.8) is 0 Å². The van der Waals surface area contributed by atoms with Crippen LogP contribution in [0.2, 0.25) is 0 Å². The van der Waals surface area contributed by atoms with Gasteiger partial charge in [0.15, 0.2) is 5.16 Å². The zero-order valence-corrected chi connectivity index (χ0v) is 14.5. The Balaban J connectivity index is 1.71. The molecule has 2 heterocycles. The number of hydrogen-bond donors (Lipinski definition) is 1. The van der Waals surface area contributed by atoms with Crippen LogP contribution in [0.15, 0.2) is 21.4 Å². The highest BCUT2D eigenvalue weighted by Gasteiger charge is 2.42. The third-order valence-corrected chi connectivity index (χ3v) is 5.86. The van der Waals surface area contributed by atoms with Gasteiger partial charge in [-0.2, -0.15) is 5.26 Å². The molecule has 0 saturated heterocycles. The van der Waals surface area contributed by atoms with Crippen LogP contribution in [0.25, 0.3) is 10.2 Å². The number of nitriles is 1. The van der Waals surface area contributed by atoms with E-state index >= 15 is 0 Å². The summed E-state index contributed by atoms with van der Waals surface area (Å²) in [7, 11) is 1.65. The van der Waals surface area contributed by atoms with Gasteiger partial charge in [-0.1, -0.05) is 11.8 Å². The Hall–Kier alpha value is -1.85. The van der Waals surface area contributed by atoms with Gasteiger partial charge in [0.2, 0.25) is 5.91 Å². The molecule has 0 spiro atoms. The molecule has 0 aliphatic heterocycles. The standard InChI is InChI=1S/C15H16N4O2S2/c1-15(8-16,9-3-4-9)18-11(20)7-23-14-17-12-10(5-6-22-12)13(21)19(14)2/h5-6,9H,3-4,7H2,1-2H3,(H,18,20). The largest absolute Gasteiger partial charge is 0.337 e. The van der Waals surface area contributed by atoms with Crippen molar-refractivity contribution < 1.29 is 4.79 Å². The molecule has 1 saturated carbocycles. The van der Waals surface area contributed by atoms with Gasteiger partial charge in [-0.25, -0.2) is 4.98 Å². The van der Waals surface area contributed by atoms with Crippen molar-refractivity contribution in [3.8, 4) is 6.07 Å². The highest BCUT2D eigenvalue weighted by atomic mass is 32.2. The molecule has 1 N–H and O–H groups in total. The molecular formula is C15H16N4O2S2. The molecule has 0 bridgehead atoms. The average molecular weight is 348 g/mol. The Morgan fingerprint density at radius 2 is 2.39 bits per heavy atom. The second-order valence-electron chi connectivity index (χ2n) is 5.82. The van der Waals surface area contributed by atoms with E-state index in [1.54, 1.807) is 20.0 Å². The summed E-state index contributed by atoms with van der Waals surface area (Å²) in [5.41, 5.74) is -0.909. The van der Waals surface area contributed by atoms with Gasteiger partial charge in [-0.3, -0.25) is 14.2 Å². The smallest absolute Gasteiger partial charge is 0.262 e. The molecule has 1 unspecified atom stereocenters. The first-order valence-corrected chi connectivity index (χ1v) is 9.10. The number of amides is 1. The fourth-order valence-corrected chi connectivity index (χ4v) is 4.02. The fourth-order valence-electron chi connectivity index (χ4n) is 2.45. The maximum absolute atomic E-state index is 12.2. The van der Waals surface area contributed by atoms with Crippen molar-refractivity contribution in [1.29, 1.82) is 5.26 Å². The third-order valence-electron chi connectivity index (χ3n) is 4.02. The number of hydrogen-bond acceptors (Lipinski definition) is 6. The van der Waals surface area contributed by atoms with Gasteiger partial charge in [-0.05, 0) is 37.1 Å². The van der Waals surface area contributed by atoms with Crippen molar-refractivity contribution in [2.45, 2.75) is 30.5 Å². The molecule has 2 aromatic heterocycles. The highest BCUT2D eigenvalue weighted by molar-refractivity contribution is 7.99. The van der Waals surface area contributed by atoms with Crippen molar-refractivity contribution in [3.05, 3.63) is 21.8 Å². The first kappa shape index (κ1) is 16.0. The molecule has 6 nitrogen and oxygen atoms in total. The number of carbonyl (C=O) groups is 1. The molecule has 0 aromatic carbocycles. The van der Waals surface area contributed by atoms with Gasteiger partial charge in [0.25, 0.3) is 5.56 Å². The predicted octanol–water partition coefficient (Wildman–Crippen LogP) is 1.90. The average Bonchev–Trinajstić information content (AvgIpc) is 3.29. The summed E-state index contributed by atoms with van der Waals surface area (Å²) in [5.74, 6) is 0.152. The van der Waals surface area contributed by atoms with Gasteiger partial charge in [0.1, 0.15) is 10.4 Å². The van der Waals surface area contributed by atoms with Gasteiger partial charge in [-0.15, -0.1) is 11.3 Å². The minimum absolute atomic E-state index is 0.112. The number of thioether (sulfide) groups is 1. The topological polar surface area (TPSA) is 87.8 Å². The number of thiophene rings is 1. The predicted molar refractivity (Wildman–Crippen MR) is 90.5 cm³/mol. The van der Waals surface area contributed by atoms with E-state index in [1.165, 1.54) is 27.7 Å². The van der Waals surface area contributed by atoms with E-state index in [-0.39, 0.29) is 23.1 Å². The van der Waals surface area contributed by atoms with Crippen LogP contribution < -0.4 is 10.9 Å². The van der Waals surface area contributed by atoms with Crippen LogP contribution in [0.4, 0.5) is 0 Å². The van der Waals surface area contributed by atoms with E-state index in [4.69, 9.17) is 0 Å². The van der Waals surface area contributed by atoms with Crippen molar-refractivity contribution >= 4 is 39.2 Å². The summed E-state index contributed by atoms with van der Waals surface area (Å²) in [4.78, 5) is 29.4. The SMILES string of the molecule is Cn1c(SCC(=O)NC(C)(C#N)C2CC2)nc2sccc2c1=O. The molecule has 0 radical (unpaired) electrons. The molecule has 2 aromatic rings. The number of nitrogens with one attached hydrogen (secondary N) is 1. The quantitative estimate of drug-likeness (QED) is 0.658. The lowest BCUT2D eigenvalue weighted by atomic mass is 9.98. The van der Waals surface area contributed by atoms with E-state index < -0.39 is 5.54 Å². The van der Waals surface area contributed by atoms with Crippen LogP contribution in [0.3, 0.4) is 0 Å². The first-order valence-electron chi connectivity index (χ1n) is 7.24. The lowest BCUT2D eigenvalue weighted by molar-refractivity contribution is -0.119. The lowest BCUT2D eigenvalue weighted by Crippen LogP contribution is -2.47. The maximum atomic E-state index is 12.2. The van der Waals surface area contributed by atoms with E-state index in [2.05, 4.69) is 16.4 Å². The Kier molecular flexibility index (Phi) is 4.17. The Morgan fingerprint density at radius 1 is 1.65 bits per heavy atom. The lowest BCUT2D eigenvalue weighted by Gasteiger charge is -2.22. The van der Waals surface area contributed by atoms with Gasteiger partial charge < -0.3 is 5.32 Å². The molecule has 1 aliphatic rings. The highest BCUT2D eigenvalue weighted by Crippen LogP contribution is 2.39. The molecule has 1 aliphatic carbocycles. The normalized spacial score (nSPS) is 16.7. The van der Waals surface area contributed by atoms with Crippen molar-refractivity contribution in [2.24, 2.45) is 13.0 Å². The zero-order valence-electron chi connectivity index (χ0n) is 12.8.